The van der Waals surface area contributed by atoms with E-state index < -0.39 is 30.8 Å². The van der Waals surface area contributed by atoms with E-state index in [4.69, 9.17) is 9.84 Å². The van der Waals surface area contributed by atoms with Crippen LogP contribution >= 0.6 is 0 Å². The number of halogens is 3. The lowest BCUT2D eigenvalue weighted by Crippen LogP contribution is -2.52. The first kappa shape index (κ1) is 13.2. The molecular formula is C9H14F3NO3. The van der Waals surface area contributed by atoms with Crippen molar-refractivity contribution in [3.63, 3.8) is 0 Å². The minimum Gasteiger partial charge on any atom is -0.480 e. The number of hydrogen-bond donors (Lipinski definition) is 1. The van der Waals surface area contributed by atoms with E-state index in [0.717, 1.165) is 11.9 Å². The van der Waals surface area contributed by atoms with Gasteiger partial charge in [0.05, 0.1) is 12.6 Å². The summed E-state index contributed by atoms with van der Waals surface area (Å²) in [6.45, 7) is -0.345. The van der Waals surface area contributed by atoms with Gasteiger partial charge in [-0.3, -0.25) is 9.69 Å². The second kappa shape index (κ2) is 5.01. The summed E-state index contributed by atoms with van der Waals surface area (Å²) >= 11 is 0. The third-order valence-electron chi connectivity index (χ3n) is 2.51. The Hall–Kier alpha value is -0.820. The van der Waals surface area contributed by atoms with Crippen LogP contribution in [0, 0.1) is 0 Å². The average Bonchev–Trinajstić information content (AvgIpc) is 2.52. The molecule has 0 aromatic carbocycles. The topological polar surface area (TPSA) is 49.8 Å². The first-order valence-corrected chi connectivity index (χ1v) is 4.92. The minimum atomic E-state index is -4.47. The van der Waals surface area contributed by atoms with E-state index >= 15 is 0 Å². The lowest BCUT2D eigenvalue weighted by Gasteiger charge is -2.32. The van der Waals surface area contributed by atoms with Crippen molar-refractivity contribution in [2.75, 3.05) is 20.2 Å². The van der Waals surface area contributed by atoms with Gasteiger partial charge < -0.3 is 9.84 Å². The second-order valence-corrected chi connectivity index (χ2v) is 3.85. The Kier molecular flexibility index (Phi) is 4.15. The van der Waals surface area contributed by atoms with Crippen LogP contribution in [0.25, 0.3) is 0 Å². The number of nitrogens with zero attached hydrogens (tertiary/aromatic N) is 1. The molecule has 1 heterocycles. The summed E-state index contributed by atoms with van der Waals surface area (Å²) < 4.78 is 43.3. The van der Waals surface area contributed by atoms with E-state index in [9.17, 15) is 18.0 Å². The number of ether oxygens (including phenoxy) is 1. The summed E-state index contributed by atoms with van der Waals surface area (Å²) in [6, 6.07) is -1.84. The third-order valence-corrected chi connectivity index (χ3v) is 2.51. The van der Waals surface area contributed by atoms with Crippen LogP contribution < -0.4 is 0 Å². The standard InChI is InChI=1S/C9H14F3NO3/c1-13(5-7(14)15)8(9(10,11)12)6-3-2-4-16-6/h6,8H,2-5H2,1H3,(H,14,15). The van der Waals surface area contributed by atoms with Crippen molar-refractivity contribution in [2.45, 2.75) is 31.2 Å². The predicted molar refractivity (Wildman–Crippen MR) is 49.1 cm³/mol. The summed E-state index contributed by atoms with van der Waals surface area (Å²) in [5.74, 6) is -1.28. The van der Waals surface area contributed by atoms with Gasteiger partial charge in [-0.15, -0.1) is 0 Å². The quantitative estimate of drug-likeness (QED) is 0.801. The highest BCUT2D eigenvalue weighted by molar-refractivity contribution is 5.69. The fourth-order valence-corrected chi connectivity index (χ4v) is 1.91. The Morgan fingerprint density at radius 3 is 2.62 bits per heavy atom. The lowest BCUT2D eigenvalue weighted by atomic mass is 10.1. The van der Waals surface area contributed by atoms with Gasteiger partial charge in [-0.2, -0.15) is 13.2 Å². The van der Waals surface area contributed by atoms with Crippen molar-refractivity contribution in [1.29, 1.82) is 0 Å². The van der Waals surface area contributed by atoms with Crippen molar-refractivity contribution in [3.8, 4) is 0 Å². The summed E-state index contributed by atoms with van der Waals surface area (Å²) in [5, 5.41) is 8.49. The van der Waals surface area contributed by atoms with Gasteiger partial charge in [0.25, 0.3) is 0 Å². The minimum absolute atomic E-state index is 0.304. The van der Waals surface area contributed by atoms with E-state index in [1.165, 1.54) is 0 Å². The normalized spacial score (nSPS) is 23.7. The molecule has 4 nitrogen and oxygen atoms in total. The highest BCUT2D eigenvalue weighted by Gasteiger charge is 2.49. The predicted octanol–water partition coefficient (Wildman–Crippen LogP) is 1.11. The third kappa shape index (κ3) is 3.34. The molecule has 0 aromatic heterocycles. The zero-order valence-corrected chi connectivity index (χ0v) is 8.83. The number of carboxylic acid groups (broad SMARTS) is 1. The maximum Gasteiger partial charge on any atom is 0.406 e. The molecular weight excluding hydrogens is 227 g/mol. The maximum absolute atomic E-state index is 12.8. The first-order valence-electron chi connectivity index (χ1n) is 4.92. The molecule has 0 aliphatic carbocycles. The fraction of sp³-hybridized carbons (Fsp3) is 0.889. The van der Waals surface area contributed by atoms with Crippen molar-refractivity contribution in [2.24, 2.45) is 0 Å². The van der Waals surface area contributed by atoms with Crippen LogP contribution in [-0.2, 0) is 9.53 Å². The largest absolute Gasteiger partial charge is 0.480 e. The Labute approximate surface area is 91.0 Å². The number of carbonyl (C=O) groups is 1. The molecule has 0 radical (unpaired) electrons. The van der Waals surface area contributed by atoms with Crippen LogP contribution in [0.15, 0.2) is 0 Å². The molecule has 0 spiro atoms. The summed E-state index contributed by atoms with van der Waals surface area (Å²) in [4.78, 5) is 11.2. The van der Waals surface area contributed by atoms with Gasteiger partial charge in [-0.1, -0.05) is 0 Å². The van der Waals surface area contributed by atoms with Gasteiger partial charge in [0.15, 0.2) is 0 Å². The number of alkyl halides is 3. The summed E-state index contributed by atoms with van der Waals surface area (Å²) in [5.41, 5.74) is 0. The van der Waals surface area contributed by atoms with Crippen LogP contribution in [0.4, 0.5) is 13.2 Å². The van der Waals surface area contributed by atoms with Gasteiger partial charge in [0.2, 0.25) is 0 Å². The molecule has 2 unspecified atom stereocenters. The van der Waals surface area contributed by atoms with Crippen LogP contribution in [0.3, 0.4) is 0 Å². The molecule has 16 heavy (non-hydrogen) atoms. The Bertz CT molecular complexity index is 251. The molecule has 94 valence electrons. The molecule has 7 heteroatoms. The molecule has 1 aliphatic heterocycles. The van der Waals surface area contributed by atoms with Crippen molar-refractivity contribution in [3.05, 3.63) is 0 Å². The molecule has 0 bridgehead atoms. The first-order chi connectivity index (χ1) is 7.32. The van der Waals surface area contributed by atoms with E-state index in [1.807, 2.05) is 0 Å². The molecule has 0 amide bonds. The van der Waals surface area contributed by atoms with Crippen LogP contribution in [0.2, 0.25) is 0 Å². The molecule has 2 atom stereocenters. The van der Waals surface area contributed by atoms with Crippen molar-refractivity contribution < 1.29 is 27.8 Å². The molecule has 1 rings (SSSR count). The van der Waals surface area contributed by atoms with Crippen LogP contribution in [0.5, 0.6) is 0 Å². The second-order valence-electron chi connectivity index (χ2n) is 3.85. The van der Waals surface area contributed by atoms with Gasteiger partial charge in [0, 0.05) is 6.61 Å². The highest BCUT2D eigenvalue weighted by atomic mass is 19.4. The Morgan fingerprint density at radius 1 is 1.62 bits per heavy atom. The molecule has 1 N–H and O–H groups in total. The van der Waals surface area contributed by atoms with Gasteiger partial charge >= 0.3 is 12.1 Å². The number of aliphatic carboxylic acids is 1. The molecule has 0 saturated carbocycles. The number of rotatable bonds is 4. The fourth-order valence-electron chi connectivity index (χ4n) is 1.91. The maximum atomic E-state index is 12.8. The van der Waals surface area contributed by atoms with E-state index in [1.54, 1.807) is 0 Å². The van der Waals surface area contributed by atoms with Gasteiger partial charge in [-0.05, 0) is 19.9 Å². The molecule has 1 aliphatic rings. The van der Waals surface area contributed by atoms with Gasteiger partial charge in [-0.25, -0.2) is 0 Å². The SMILES string of the molecule is CN(CC(=O)O)C(C1CCCO1)C(F)(F)F. The zero-order chi connectivity index (χ0) is 12.3. The monoisotopic (exact) mass is 241 g/mol. The number of carboxylic acids is 1. The lowest BCUT2D eigenvalue weighted by molar-refractivity contribution is -0.206. The Balaban J connectivity index is 2.74. The van der Waals surface area contributed by atoms with Crippen LogP contribution in [-0.4, -0.2) is 54.5 Å². The smallest absolute Gasteiger partial charge is 0.406 e. The average molecular weight is 241 g/mol. The molecule has 0 aromatic rings. The van der Waals surface area contributed by atoms with E-state index in [-0.39, 0.29) is 0 Å². The molecule has 1 saturated heterocycles. The zero-order valence-electron chi connectivity index (χ0n) is 8.83. The Morgan fingerprint density at radius 2 is 2.25 bits per heavy atom. The van der Waals surface area contributed by atoms with Gasteiger partial charge in [0.1, 0.15) is 6.04 Å². The van der Waals surface area contributed by atoms with Crippen LogP contribution in [0.1, 0.15) is 12.8 Å². The van der Waals surface area contributed by atoms with E-state index in [2.05, 4.69) is 0 Å². The van der Waals surface area contributed by atoms with E-state index in [0.29, 0.717) is 19.4 Å². The van der Waals surface area contributed by atoms with Crippen molar-refractivity contribution >= 4 is 5.97 Å². The number of likely N-dealkylation sites (N-methyl/N-ethyl adjacent to an activating group) is 1. The highest BCUT2D eigenvalue weighted by Crippen LogP contribution is 2.31. The summed E-state index contributed by atoms with van der Waals surface area (Å²) in [7, 11) is 1.15. The van der Waals surface area contributed by atoms with Crippen molar-refractivity contribution in [1.82, 2.24) is 4.90 Å². The molecule has 1 fully saturated rings. The number of hydrogen-bond acceptors (Lipinski definition) is 3. The summed E-state index contributed by atoms with van der Waals surface area (Å²) in [6.07, 6.45) is -4.53.